The highest BCUT2D eigenvalue weighted by Gasteiger charge is 2.31. The number of amides is 2. The number of rotatable bonds is 5. The predicted octanol–water partition coefficient (Wildman–Crippen LogP) is -0.591. The molecule has 0 aliphatic carbocycles. The van der Waals surface area contributed by atoms with E-state index in [1.165, 1.54) is 0 Å². The molecule has 7 nitrogen and oxygen atoms in total. The number of carbonyl (C=O) groups excluding carboxylic acids is 2. The first-order valence-electron chi connectivity index (χ1n) is 8.61. The van der Waals surface area contributed by atoms with Crippen LogP contribution < -0.4 is 11.1 Å². The lowest BCUT2D eigenvalue weighted by atomic mass is 9.91. The summed E-state index contributed by atoms with van der Waals surface area (Å²) in [4.78, 5) is 28.2. The molecule has 0 radical (unpaired) electrons. The molecule has 0 aromatic heterocycles. The van der Waals surface area contributed by atoms with Crippen LogP contribution in [0.3, 0.4) is 0 Å². The maximum absolute atomic E-state index is 12.5. The lowest BCUT2D eigenvalue weighted by Gasteiger charge is -2.37. The standard InChI is InChI=1S/C16H30N4O3/c1-12(2)18-14(21)11-19-5-7-20(8-6-19)16(22)15(17)13-3-9-23-10-4-13/h12-13,15H,3-11,17H2,1-2H3,(H,18,21). The van der Waals surface area contributed by atoms with Gasteiger partial charge < -0.3 is 20.7 Å². The fourth-order valence-electron chi connectivity index (χ4n) is 3.18. The fourth-order valence-corrected chi connectivity index (χ4v) is 3.18. The zero-order valence-electron chi connectivity index (χ0n) is 14.3. The van der Waals surface area contributed by atoms with Crippen LogP contribution in [-0.2, 0) is 14.3 Å². The van der Waals surface area contributed by atoms with Crippen molar-refractivity contribution < 1.29 is 14.3 Å². The Morgan fingerprint density at radius 3 is 2.35 bits per heavy atom. The number of ether oxygens (including phenoxy) is 1. The van der Waals surface area contributed by atoms with Gasteiger partial charge in [-0.05, 0) is 32.6 Å². The van der Waals surface area contributed by atoms with Gasteiger partial charge in [-0.2, -0.15) is 0 Å². The Hall–Kier alpha value is -1.18. The Morgan fingerprint density at radius 1 is 1.17 bits per heavy atom. The van der Waals surface area contributed by atoms with Gasteiger partial charge in [0.05, 0.1) is 12.6 Å². The lowest BCUT2D eigenvalue weighted by molar-refractivity contribution is -0.136. The summed E-state index contributed by atoms with van der Waals surface area (Å²) in [6.07, 6.45) is 1.73. The molecule has 0 aromatic carbocycles. The van der Waals surface area contributed by atoms with Crippen LogP contribution in [0.4, 0.5) is 0 Å². The third-order valence-electron chi connectivity index (χ3n) is 4.56. The second-order valence-electron chi connectivity index (χ2n) is 6.80. The average molecular weight is 326 g/mol. The van der Waals surface area contributed by atoms with Gasteiger partial charge in [0, 0.05) is 45.4 Å². The summed E-state index contributed by atoms with van der Waals surface area (Å²) in [7, 11) is 0. The van der Waals surface area contributed by atoms with E-state index in [0.717, 1.165) is 25.9 Å². The van der Waals surface area contributed by atoms with Crippen LogP contribution in [0.5, 0.6) is 0 Å². The highest BCUT2D eigenvalue weighted by molar-refractivity contribution is 5.82. The van der Waals surface area contributed by atoms with Crippen molar-refractivity contribution in [1.29, 1.82) is 0 Å². The van der Waals surface area contributed by atoms with E-state index in [1.807, 2.05) is 18.7 Å². The summed E-state index contributed by atoms with van der Waals surface area (Å²) >= 11 is 0. The summed E-state index contributed by atoms with van der Waals surface area (Å²) in [5.74, 6) is 0.313. The number of hydrogen-bond donors (Lipinski definition) is 2. The molecule has 2 aliphatic heterocycles. The van der Waals surface area contributed by atoms with Gasteiger partial charge in [-0.25, -0.2) is 0 Å². The Kier molecular flexibility index (Phi) is 6.80. The second-order valence-corrected chi connectivity index (χ2v) is 6.80. The van der Waals surface area contributed by atoms with Crippen molar-refractivity contribution in [2.75, 3.05) is 45.9 Å². The van der Waals surface area contributed by atoms with Crippen LogP contribution in [0, 0.1) is 5.92 Å². The van der Waals surface area contributed by atoms with Crippen LogP contribution in [0.15, 0.2) is 0 Å². The molecule has 2 heterocycles. The average Bonchev–Trinajstić information content (AvgIpc) is 2.54. The number of nitrogens with zero attached hydrogens (tertiary/aromatic N) is 2. The van der Waals surface area contributed by atoms with E-state index in [9.17, 15) is 9.59 Å². The molecule has 23 heavy (non-hydrogen) atoms. The number of piperazine rings is 1. The highest BCUT2D eigenvalue weighted by Crippen LogP contribution is 2.19. The molecular formula is C16H30N4O3. The zero-order chi connectivity index (χ0) is 16.8. The molecule has 0 saturated carbocycles. The highest BCUT2D eigenvalue weighted by atomic mass is 16.5. The van der Waals surface area contributed by atoms with Crippen LogP contribution in [0.2, 0.25) is 0 Å². The van der Waals surface area contributed by atoms with Gasteiger partial charge in [0.15, 0.2) is 0 Å². The van der Waals surface area contributed by atoms with Crippen LogP contribution >= 0.6 is 0 Å². The van der Waals surface area contributed by atoms with Crippen molar-refractivity contribution in [3.8, 4) is 0 Å². The van der Waals surface area contributed by atoms with Gasteiger partial charge in [0.25, 0.3) is 0 Å². The first-order valence-corrected chi connectivity index (χ1v) is 8.61. The number of hydrogen-bond acceptors (Lipinski definition) is 5. The maximum atomic E-state index is 12.5. The molecule has 2 aliphatic rings. The Labute approximate surface area is 138 Å². The summed E-state index contributed by atoms with van der Waals surface area (Å²) < 4.78 is 5.33. The smallest absolute Gasteiger partial charge is 0.239 e. The van der Waals surface area contributed by atoms with Crippen LogP contribution in [0.25, 0.3) is 0 Å². The molecule has 2 rings (SSSR count). The molecule has 0 bridgehead atoms. The van der Waals surface area contributed by atoms with Gasteiger partial charge in [0.2, 0.25) is 11.8 Å². The zero-order valence-corrected chi connectivity index (χ0v) is 14.3. The van der Waals surface area contributed by atoms with Gasteiger partial charge in [-0.1, -0.05) is 0 Å². The first kappa shape index (κ1) is 18.2. The van der Waals surface area contributed by atoms with Crippen molar-refractivity contribution in [2.45, 2.75) is 38.8 Å². The summed E-state index contributed by atoms with van der Waals surface area (Å²) in [6, 6.07) is -0.266. The Balaban J connectivity index is 1.74. The molecule has 2 amide bonds. The minimum atomic E-state index is -0.422. The molecule has 2 fully saturated rings. The molecule has 132 valence electrons. The molecule has 0 spiro atoms. The molecule has 7 heteroatoms. The molecule has 3 N–H and O–H groups in total. The van der Waals surface area contributed by atoms with Crippen molar-refractivity contribution in [2.24, 2.45) is 11.7 Å². The minimum Gasteiger partial charge on any atom is -0.381 e. The Bertz CT molecular complexity index is 402. The van der Waals surface area contributed by atoms with E-state index in [2.05, 4.69) is 10.2 Å². The monoisotopic (exact) mass is 326 g/mol. The van der Waals surface area contributed by atoms with Crippen LogP contribution in [-0.4, -0.2) is 79.6 Å². The SMILES string of the molecule is CC(C)NC(=O)CN1CCN(C(=O)C(N)C2CCOCC2)CC1. The predicted molar refractivity (Wildman–Crippen MR) is 87.8 cm³/mol. The van der Waals surface area contributed by atoms with E-state index in [1.54, 1.807) is 0 Å². The van der Waals surface area contributed by atoms with E-state index in [4.69, 9.17) is 10.5 Å². The first-order chi connectivity index (χ1) is 11.0. The van der Waals surface area contributed by atoms with Gasteiger partial charge in [-0.3, -0.25) is 14.5 Å². The molecule has 2 saturated heterocycles. The fraction of sp³-hybridized carbons (Fsp3) is 0.875. The number of carbonyl (C=O) groups is 2. The van der Waals surface area contributed by atoms with E-state index >= 15 is 0 Å². The largest absolute Gasteiger partial charge is 0.381 e. The van der Waals surface area contributed by atoms with Crippen molar-refractivity contribution in [3.63, 3.8) is 0 Å². The number of nitrogens with two attached hydrogens (primary N) is 1. The molecule has 0 aromatic rings. The van der Waals surface area contributed by atoms with Crippen molar-refractivity contribution in [3.05, 3.63) is 0 Å². The lowest BCUT2D eigenvalue weighted by Crippen LogP contribution is -2.56. The van der Waals surface area contributed by atoms with Crippen LogP contribution in [0.1, 0.15) is 26.7 Å². The maximum Gasteiger partial charge on any atom is 0.239 e. The summed E-state index contributed by atoms with van der Waals surface area (Å²) in [6.45, 7) is 8.42. The topological polar surface area (TPSA) is 87.9 Å². The minimum absolute atomic E-state index is 0.0404. The van der Waals surface area contributed by atoms with Crippen molar-refractivity contribution >= 4 is 11.8 Å². The summed E-state index contributed by atoms with van der Waals surface area (Å²) in [5.41, 5.74) is 6.17. The summed E-state index contributed by atoms with van der Waals surface area (Å²) in [5, 5.41) is 2.89. The molecular weight excluding hydrogens is 296 g/mol. The quantitative estimate of drug-likeness (QED) is 0.705. The van der Waals surface area contributed by atoms with E-state index < -0.39 is 6.04 Å². The van der Waals surface area contributed by atoms with Crippen molar-refractivity contribution in [1.82, 2.24) is 15.1 Å². The van der Waals surface area contributed by atoms with E-state index in [-0.39, 0.29) is 23.8 Å². The van der Waals surface area contributed by atoms with Gasteiger partial charge in [0.1, 0.15) is 0 Å². The molecule has 1 atom stereocenters. The van der Waals surface area contributed by atoms with Gasteiger partial charge >= 0.3 is 0 Å². The van der Waals surface area contributed by atoms with Gasteiger partial charge in [-0.15, -0.1) is 0 Å². The van der Waals surface area contributed by atoms with E-state index in [0.29, 0.717) is 32.8 Å². The second kappa shape index (κ2) is 8.61. The molecule has 1 unspecified atom stereocenters. The Morgan fingerprint density at radius 2 is 1.78 bits per heavy atom. The third-order valence-corrected chi connectivity index (χ3v) is 4.56. The number of nitrogens with one attached hydrogen (secondary N) is 1. The normalized spacial score (nSPS) is 22.2. The third kappa shape index (κ3) is 5.44.